The smallest absolute Gasteiger partial charge is 0.387 e. The number of nitrogens with one attached hydrogen (secondary N) is 1. The van der Waals surface area contributed by atoms with Gasteiger partial charge in [0.25, 0.3) is 0 Å². The van der Waals surface area contributed by atoms with Crippen LogP contribution in [0, 0.1) is 0 Å². The van der Waals surface area contributed by atoms with Crippen LogP contribution < -0.4 is 5.32 Å². The molecule has 0 aliphatic rings. The first-order valence-electron chi connectivity index (χ1n) is 39.2. The average Bonchev–Trinajstić information content (AvgIpc) is 3.69. The molecular weight excluding hydrogens is 1090 g/mol. The highest BCUT2D eigenvalue weighted by molar-refractivity contribution is 7.47. The van der Waals surface area contributed by atoms with Gasteiger partial charge in [0.1, 0.15) is 13.2 Å². The SMILES string of the molecule is CCCCCCCCCC/C=C\CCCCCCCCCCCCCCCCCCCCCCCCCCCCCC(=O)NC(COP(=O)(O)OCC[N+](C)(C)C)C(O)/C=C/CCCCCCCCCCCCCCCCCCCCCCCCCC. The van der Waals surface area contributed by atoms with Gasteiger partial charge in [0.15, 0.2) is 0 Å². The van der Waals surface area contributed by atoms with Gasteiger partial charge in [-0.2, -0.15) is 0 Å². The normalized spacial score (nSPS) is 13.6. The molecule has 0 saturated carbocycles. The second-order valence-corrected chi connectivity index (χ2v) is 29.9. The summed E-state index contributed by atoms with van der Waals surface area (Å²) in [7, 11) is 1.60. The molecule has 0 saturated heterocycles. The second kappa shape index (κ2) is 69.3. The Kier molecular flexibility index (Phi) is 68.5. The maximum absolute atomic E-state index is 13.1. The number of carbonyl (C=O) groups is 1. The number of nitrogens with zero attached hydrogens (tertiary/aromatic N) is 1. The lowest BCUT2D eigenvalue weighted by Gasteiger charge is -2.25. The van der Waals surface area contributed by atoms with Crippen molar-refractivity contribution in [2.75, 3.05) is 40.9 Å². The lowest BCUT2D eigenvalue weighted by atomic mass is 10.0. The number of rotatable bonds is 74. The molecule has 0 rings (SSSR count). The molecule has 0 aliphatic heterocycles. The number of quaternary nitrogens is 1. The molecule has 0 bridgehead atoms. The maximum Gasteiger partial charge on any atom is 0.472 e. The van der Waals surface area contributed by atoms with Crippen LogP contribution in [-0.4, -0.2) is 73.4 Å². The second-order valence-electron chi connectivity index (χ2n) is 28.4. The van der Waals surface area contributed by atoms with Gasteiger partial charge in [-0.3, -0.25) is 13.8 Å². The Morgan fingerprint density at radius 1 is 0.379 bits per heavy atom. The minimum Gasteiger partial charge on any atom is -0.387 e. The van der Waals surface area contributed by atoms with Crippen LogP contribution in [0.25, 0.3) is 0 Å². The zero-order valence-electron chi connectivity index (χ0n) is 59.6. The molecule has 3 N–H and O–H groups in total. The number of unbranched alkanes of at least 4 members (excludes halogenated alkanes) is 59. The molecule has 87 heavy (non-hydrogen) atoms. The van der Waals surface area contributed by atoms with Crippen molar-refractivity contribution in [1.29, 1.82) is 0 Å². The van der Waals surface area contributed by atoms with E-state index in [9.17, 15) is 19.4 Å². The van der Waals surface area contributed by atoms with E-state index < -0.39 is 20.0 Å². The van der Waals surface area contributed by atoms with Crippen molar-refractivity contribution < 1.29 is 32.9 Å². The van der Waals surface area contributed by atoms with E-state index in [1.165, 1.54) is 366 Å². The number of hydrogen-bond acceptors (Lipinski definition) is 5. The van der Waals surface area contributed by atoms with Crippen molar-refractivity contribution in [2.45, 2.75) is 431 Å². The van der Waals surface area contributed by atoms with Crippen molar-refractivity contribution in [1.82, 2.24) is 5.32 Å². The van der Waals surface area contributed by atoms with E-state index in [0.29, 0.717) is 17.4 Å². The number of amides is 1. The van der Waals surface area contributed by atoms with Crippen LogP contribution in [0.4, 0.5) is 0 Å². The van der Waals surface area contributed by atoms with Gasteiger partial charge < -0.3 is 19.8 Å². The van der Waals surface area contributed by atoms with E-state index in [4.69, 9.17) is 9.05 Å². The monoisotopic (exact) mass is 1250 g/mol. The zero-order chi connectivity index (χ0) is 63.4. The number of carbonyl (C=O) groups excluding carboxylic acids is 1. The Labute approximate surface area is 545 Å². The van der Waals surface area contributed by atoms with Crippen molar-refractivity contribution in [3.63, 3.8) is 0 Å². The number of allylic oxidation sites excluding steroid dienone is 3. The number of aliphatic hydroxyl groups is 1. The van der Waals surface area contributed by atoms with Gasteiger partial charge in [-0.15, -0.1) is 0 Å². The van der Waals surface area contributed by atoms with E-state index in [1.54, 1.807) is 6.08 Å². The largest absolute Gasteiger partial charge is 0.472 e. The van der Waals surface area contributed by atoms with Crippen LogP contribution in [0.2, 0.25) is 0 Å². The third-order valence-corrected chi connectivity index (χ3v) is 19.4. The van der Waals surface area contributed by atoms with Gasteiger partial charge in [0.05, 0.1) is 39.9 Å². The molecule has 0 fully saturated rings. The highest BCUT2D eigenvalue weighted by atomic mass is 31.2. The third-order valence-electron chi connectivity index (χ3n) is 18.4. The Balaban J connectivity index is 3.91. The van der Waals surface area contributed by atoms with Crippen LogP contribution in [0.1, 0.15) is 418 Å². The molecule has 0 aliphatic carbocycles. The first kappa shape index (κ1) is 86.0. The van der Waals surface area contributed by atoms with Crippen LogP contribution >= 0.6 is 7.82 Å². The van der Waals surface area contributed by atoms with Crippen LogP contribution in [0.15, 0.2) is 24.3 Å². The van der Waals surface area contributed by atoms with Gasteiger partial charge in [0, 0.05) is 6.42 Å². The Morgan fingerprint density at radius 3 is 0.885 bits per heavy atom. The quantitative estimate of drug-likeness (QED) is 0.0243. The fourth-order valence-corrected chi connectivity index (χ4v) is 13.1. The molecule has 8 nitrogen and oxygen atoms in total. The Hall–Kier alpha value is -1.02. The van der Waals surface area contributed by atoms with Crippen molar-refractivity contribution >= 4 is 13.7 Å². The summed E-state index contributed by atoms with van der Waals surface area (Å²) in [6.07, 6.45) is 92.3. The summed E-state index contributed by atoms with van der Waals surface area (Å²) in [6.45, 7) is 4.89. The van der Waals surface area contributed by atoms with Gasteiger partial charge >= 0.3 is 7.82 Å². The van der Waals surface area contributed by atoms with E-state index in [0.717, 1.165) is 32.1 Å². The Morgan fingerprint density at radius 2 is 0.621 bits per heavy atom. The lowest BCUT2D eigenvalue weighted by Crippen LogP contribution is -2.45. The van der Waals surface area contributed by atoms with Gasteiger partial charge in [0.2, 0.25) is 5.91 Å². The predicted octanol–water partition coefficient (Wildman–Crippen LogP) is 25.4. The molecule has 0 aromatic rings. The standard InChI is InChI=1S/C78H155N2O6P/c1-6-8-10-12-14-16-18-20-22-24-26-28-30-32-34-35-36-37-38-39-40-41-42-43-44-45-46-48-50-52-54-56-58-60-62-64-66-68-70-72-78(82)79-76(75-86-87(83,84)85-74-73-80(3,4)5)77(81)71-69-67-65-63-61-59-57-55-53-51-49-47-33-31-29-27-25-23-21-19-17-15-13-11-9-7-2/h24,26,69,71,76-77,81H,6-23,25,27-68,70,72-75H2,1-5H3,(H-,79,82,83,84)/p+1/b26-24-,71-69+. The van der Waals surface area contributed by atoms with Gasteiger partial charge in [-0.05, 0) is 44.9 Å². The minimum atomic E-state index is -4.35. The molecule has 3 unspecified atom stereocenters. The van der Waals surface area contributed by atoms with E-state index in [-0.39, 0.29) is 19.1 Å². The van der Waals surface area contributed by atoms with Crippen molar-refractivity contribution in [2.24, 2.45) is 0 Å². The van der Waals surface area contributed by atoms with Crippen LogP contribution in [0.3, 0.4) is 0 Å². The number of aliphatic hydroxyl groups excluding tert-OH is 1. The van der Waals surface area contributed by atoms with Gasteiger partial charge in [-0.25, -0.2) is 4.57 Å². The minimum absolute atomic E-state index is 0.0649. The molecule has 1 amide bonds. The number of likely N-dealkylation sites (N-methyl/N-ethyl adjacent to an activating group) is 1. The van der Waals surface area contributed by atoms with Crippen LogP contribution in [0.5, 0.6) is 0 Å². The summed E-state index contributed by atoms with van der Waals surface area (Å²) in [4.78, 5) is 23.5. The molecule has 0 radical (unpaired) electrons. The first-order valence-corrected chi connectivity index (χ1v) is 40.7. The fourth-order valence-electron chi connectivity index (χ4n) is 12.3. The summed E-state index contributed by atoms with van der Waals surface area (Å²) in [6, 6.07) is -0.845. The lowest BCUT2D eigenvalue weighted by molar-refractivity contribution is -0.870. The molecule has 0 aromatic heterocycles. The highest BCUT2D eigenvalue weighted by Gasteiger charge is 2.28. The van der Waals surface area contributed by atoms with E-state index >= 15 is 0 Å². The highest BCUT2D eigenvalue weighted by Crippen LogP contribution is 2.43. The number of phosphoric ester groups is 1. The molecular formula is C78H156N2O6P+. The zero-order valence-corrected chi connectivity index (χ0v) is 60.4. The van der Waals surface area contributed by atoms with Crippen molar-refractivity contribution in [3.8, 4) is 0 Å². The van der Waals surface area contributed by atoms with Crippen molar-refractivity contribution in [3.05, 3.63) is 24.3 Å². The fraction of sp³-hybridized carbons (Fsp3) is 0.936. The molecule has 0 aromatic carbocycles. The summed E-state index contributed by atoms with van der Waals surface area (Å²) < 4.78 is 23.9. The predicted molar refractivity (Wildman–Crippen MR) is 383 cm³/mol. The van der Waals surface area contributed by atoms with Crippen LogP contribution in [-0.2, 0) is 18.4 Å². The van der Waals surface area contributed by atoms with E-state index in [2.05, 4.69) is 31.3 Å². The molecule has 518 valence electrons. The summed E-state index contributed by atoms with van der Waals surface area (Å²) in [5.41, 5.74) is 0. The average molecular weight is 1250 g/mol. The van der Waals surface area contributed by atoms with E-state index in [1.807, 2.05) is 27.2 Å². The summed E-state index contributed by atoms with van der Waals surface area (Å²) in [5, 5.41) is 14.0. The summed E-state index contributed by atoms with van der Waals surface area (Å²) >= 11 is 0. The number of phosphoric acid groups is 1. The Bertz CT molecular complexity index is 1470. The number of hydrogen-bond donors (Lipinski definition) is 3. The molecule has 0 heterocycles. The van der Waals surface area contributed by atoms with Gasteiger partial charge in [-0.1, -0.05) is 391 Å². The topological polar surface area (TPSA) is 105 Å². The molecule has 9 heteroatoms. The maximum atomic E-state index is 13.1. The third kappa shape index (κ3) is 72.3. The molecule has 3 atom stereocenters. The molecule has 0 spiro atoms. The summed E-state index contributed by atoms with van der Waals surface area (Å²) in [5.74, 6) is -0.166. The first-order chi connectivity index (χ1) is 42.5.